The fraction of sp³-hybridized carbons (Fsp3) is 0.400. The minimum atomic E-state index is -0.164. The third-order valence-corrected chi connectivity index (χ3v) is 7.49. The fourth-order valence-electron chi connectivity index (χ4n) is 5.49. The van der Waals surface area contributed by atoms with Crippen LogP contribution in [0.5, 0.6) is 5.75 Å². The quantitative estimate of drug-likeness (QED) is 0.298. The van der Waals surface area contributed by atoms with E-state index in [9.17, 15) is 4.79 Å². The lowest BCUT2D eigenvalue weighted by Crippen LogP contribution is -2.30. The Bertz CT molecular complexity index is 1450. The summed E-state index contributed by atoms with van der Waals surface area (Å²) < 4.78 is 12.4. The molecule has 0 bridgehead atoms. The monoisotopic (exact) mass is 515 g/mol. The maximum Gasteiger partial charge on any atom is 0.276 e. The number of piperidine rings is 1. The first kappa shape index (κ1) is 25.9. The van der Waals surface area contributed by atoms with Gasteiger partial charge in [0.25, 0.3) is 5.56 Å². The molecule has 4 aromatic rings. The number of hydrogen-bond acceptors (Lipinski definition) is 6. The van der Waals surface area contributed by atoms with Crippen molar-refractivity contribution in [1.82, 2.24) is 14.6 Å². The number of nitrogens with one attached hydrogen (secondary N) is 2. The summed E-state index contributed by atoms with van der Waals surface area (Å²) in [5.41, 5.74) is 6.96. The topological polar surface area (TPSA) is 83.9 Å². The molecule has 3 heterocycles. The second-order valence-corrected chi connectivity index (χ2v) is 9.93. The van der Waals surface area contributed by atoms with Crippen molar-refractivity contribution < 1.29 is 9.47 Å². The highest BCUT2D eigenvalue weighted by molar-refractivity contribution is 5.86. The first-order chi connectivity index (χ1) is 18.5. The number of ether oxygens (including phenoxy) is 2. The van der Waals surface area contributed by atoms with Crippen molar-refractivity contribution in [3.63, 3.8) is 0 Å². The summed E-state index contributed by atoms with van der Waals surface area (Å²) in [5, 5.41) is 6.81. The summed E-state index contributed by atoms with van der Waals surface area (Å²) in [4.78, 5) is 21.5. The lowest BCUT2D eigenvalue weighted by atomic mass is 9.92. The van der Waals surface area contributed by atoms with Crippen LogP contribution in [-0.4, -0.2) is 55.1 Å². The zero-order valence-corrected chi connectivity index (χ0v) is 22.7. The van der Waals surface area contributed by atoms with E-state index in [2.05, 4.69) is 40.4 Å². The Morgan fingerprint density at radius 3 is 2.55 bits per heavy atom. The van der Waals surface area contributed by atoms with Crippen molar-refractivity contribution >= 4 is 17.0 Å². The molecule has 5 rings (SSSR count). The number of benzene rings is 2. The molecular formula is C30H37N5O3. The van der Waals surface area contributed by atoms with Crippen molar-refractivity contribution in [2.24, 2.45) is 0 Å². The molecule has 2 aromatic carbocycles. The first-order valence-electron chi connectivity index (χ1n) is 13.4. The summed E-state index contributed by atoms with van der Waals surface area (Å²) >= 11 is 0. The van der Waals surface area contributed by atoms with Crippen LogP contribution in [-0.2, 0) is 4.74 Å². The average Bonchev–Trinajstić information content (AvgIpc) is 3.33. The Kier molecular flexibility index (Phi) is 7.69. The van der Waals surface area contributed by atoms with Crippen molar-refractivity contribution in [2.75, 3.05) is 50.7 Å². The van der Waals surface area contributed by atoms with Gasteiger partial charge in [-0.25, -0.2) is 4.98 Å². The molecular weight excluding hydrogens is 478 g/mol. The van der Waals surface area contributed by atoms with Gasteiger partial charge in [-0.15, -0.1) is 0 Å². The highest BCUT2D eigenvalue weighted by atomic mass is 16.5. The SMILES string of the molecule is COCCNc1cc(C(C)c2c(C)nc3c(N4CCCCC4)c(-c4ccccc4)[nH]n3c2=O)ccc1OC. The van der Waals surface area contributed by atoms with Crippen molar-refractivity contribution in [2.45, 2.75) is 39.0 Å². The zero-order valence-electron chi connectivity index (χ0n) is 22.7. The fourth-order valence-corrected chi connectivity index (χ4v) is 5.49. The molecule has 2 aromatic heterocycles. The van der Waals surface area contributed by atoms with Crippen LogP contribution < -0.4 is 20.5 Å². The van der Waals surface area contributed by atoms with Crippen LogP contribution in [0.25, 0.3) is 16.9 Å². The standard InChI is InChI=1S/C30H37N5O3/c1-20(23-13-14-25(38-4)24(19-23)31-15-18-37-3)26-21(2)32-29-28(34-16-9-6-10-17-34)27(33-35(29)30(26)36)22-11-7-5-8-12-22/h5,7-8,11-14,19-20,31,33H,6,9-10,15-18H2,1-4H3. The molecule has 8 heteroatoms. The summed E-state index contributed by atoms with van der Waals surface area (Å²) in [6, 6.07) is 16.2. The highest BCUT2D eigenvalue weighted by Gasteiger charge is 2.26. The van der Waals surface area contributed by atoms with Gasteiger partial charge in [0, 0.05) is 49.5 Å². The van der Waals surface area contributed by atoms with E-state index in [0.717, 1.165) is 65.6 Å². The normalized spacial score (nSPS) is 14.6. The summed E-state index contributed by atoms with van der Waals surface area (Å²) in [6.45, 7) is 7.18. The maximum atomic E-state index is 14.1. The number of methoxy groups -OCH3 is 2. The Morgan fingerprint density at radius 1 is 1.08 bits per heavy atom. The molecule has 200 valence electrons. The Balaban J connectivity index is 1.62. The number of anilines is 2. The summed E-state index contributed by atoms with van der Waals surface area (Å²) in [6.07, 6.45) is 3.52. The number of aromatic amines is 1. The number of hydrogen-bond donors (Lipinski definition) is 2. The third kappa shape index (κ3) is 4.88. The number of fused-ring (bicyclic) bond motifs is 1. The predicted molar refractivity (Wildman–Crippen MR) is 153 cm³/mol. The van der Waals surface area contributed by atoms with E-state index in [1.54, 1.807) is 18.7 Å². The Labute approximate surface area is 223 Å². The second kappa shape index (κ2) is 11.3. The molecule has 0 amide bonds. The number of aryl methyl sites for hydroxylation is 1. The van der Waals surface area contributed by atoms with E-state index in [4.69, 9.17) is 14.5 Å². The molecule has 1 atom stereocenters. The van der Waals surface area contributed by atoms with Gasteiger partial charge in [-0.3, -0.25) is 9.89 Å². The third-order valence-electron chi connectivity index (χ3n) is 7.49. The van der Waals surface area contributed by atoms with E-state index in [1.807, 2.05) is 37.3 Å². The van der Waals surface area contributed by atoms with Crippen LogP contribution in [0.1, 0.15) is 48.9 Å². The molecule has 0 spiro atoms. The molecule has 1 fully saturated rings. The molecule has 1 aliphatic rings. The number of rotatable bonds is 9. The Hall–Kier alpha value is -3.78. The molecule has 0 radical (unpaired) electrons. The van der Waals surface area contributed by atoms with Gasteiger partial charge in [0.15, 0.2) is 5.65 Å². The number of nitrogens with zero attached hydrogens (tertiary/aromatic N) is 3. The maximum absolute atomic E-state index is 14.1. The van der Waals surface area contributed by atoms with Gasteiger partial charge in [0.1, 0.15) is 11.4 Å². The van der Waals surface area contributed by atoms with Crippen LogP contribution in [0.15, 0.2) is 53.3 Å². The Morgan fingerprint density at radius 2 is 1.84 bits per heavy atom. The van der Waals surface area contributed by atoms with Gasteiger partial charge in [-0.05, 0) is 43.9 Å². The van der Waals surface area contributed by atoms with Gasteiger partial charge in [0.05, 0.1) is 25.1 Å². The minimum Gasteiger partial charge on any atom is -0.495 e. The van der Waals surface area contributed by atoms with Crippen molar-refractivity contribution in [3.8, 4) is 17.0 Å². The molecule has 38 heavy (non-hydrogen) atoms. The second-order valence-electron chi connectivity index (χ2n) is 9.93. The van der Waals surface area contributed by atoms with Crippen LogP contribution in [0.2, 0.25) is 0 Å². The van der Waals surface area contributed by atoms with Crippen LogP contribution >= 0.6 is 0 Å². The molecule has 2 N–H and O–H groups in total. The molecule has 0 aliphatic carbocycles. The van der Waals surface area contributed by atoms with Gasteiger partial charge in [-0.2, -0.15) is 4.52 Å². The van der Waals surface area contributed by atoms with Crippen molar-refractivity contribution in [1.29, 1.82) is 0 Å². The lowest BCUT2D eigenvalue weighted by molar-refractivity contribution is 0.210. The molecule has 1 aliphatic heterocycles. The minimum absolute atomic E-state index is 0.0647. The van der Waals surface area contributed by atoms with Crippen LogP contribution in [0.4, 0.5) is 11.4 Å². The smallest absolute Gasteiger partial charge is 0.276 e. The van der Waals surface area contributed by atoms with Gasteiger partial charge < -0.3 is 19.7 Å². The van der Waals surface area contributed by atoms with E-state index < -0.39 is 0 Å². The predicted octanol–water partition coefficient (Wildman–Crippen LogP) is 5.21. The van der Waals surface area contributed by atoms with Gasteiger partial charge in [0.2, 0.25) is 0 Å². The van der Waals surface area contributed by atoms with Crippen molar-refractivity contribution in [3.05, 3.63) is 75.7 Å². The van der Waals surface area contributed by atoms with E-state index in [0.29, 0.717) is 24.4 Å². The number of H-pyrrole nitrogens is 1. The summed E-state index contributed by atoms with van der Waals surface area (Å²) in [5.74, 6) is 0.588. The van der Waals surface area contributed by atoms with E-state index in [-0.39, 0.29) is 11.5 Å². The largest absolute Gasteiger partial charge is 0.495 e. The van der Waals surface area contributed by atoms with Gasteiger partial charge >= 0.3 is 0 Å². The number of aromatic nitrogens is 3. The highest BCUT2D eigenvalue weighted by Crippen LogP contribution is 2.36. The zero-order chi connectivity index (χ0) is 26.6. The van der Waals surface area contributed by atoms with Gasteiger partial charge in [-0.1, -0.05) is 43.3 Å². The molecule has 0 saturated carbocycles. The van der Waals surface area contributed by atoms with E-state index in [1.165, 1.54) is 6.42 Å². The summed E-state index contributed by atoms with van der Waals surface area (Å²) in [7, 11) is 3.33. The molecule has 1 unspecified atom stereocenters. The lowest BCUT2D eigenvalue weighted by Gasteiger charge is -2.28. The average molecular weight is 516 g/mol. The van der Waals surface area contributed by atoms with Crippen LogP contribution in [0, 0.1) is 6.92 Å². The molecule has 1 saturated heterocycles. The first-order valence-corrected chi connectivity index (χ1v) is 13.4. The van der Waals surface area contributed by atoms with Crippen LogP contribution in [0.3, 0.4) is 0 Å². The van der Waals surface area contributed by atoms with E-state index >= 15 is 0 Å². The molecule has 8 nitrogen and oxygen atoms in total.